The molecule has 0 fully saturated rings. The Kier molecular flexibility index (Phi) is 2.82. The molecule has 0 saturated carbocycles. The van der Waals surface area contributed by atoms with Crippen molar-refractivity contribution in [1.29, 1.82) is 0 Å². The minimum Gasteiger partial charge on any atom is -0.397 e. The number of hydrogen-bond acceptors (Lipinski definition) is 3. The highest BCUT2D eigenvalue weighted by molar-refractivity contribution is 6.06. The Morgan fingerprint density at radius 2 is 2.18 bits per heavy atom. The van der Waals surface area contributed by atoms with E-state index in [2.05, 4.69) is 15.5 Å². The Balaban J connectivity index is 2.31. The van der Waals surface area contributed by atoms with Gasteiger partial charge in [-0.25, -0.2) is 0 Å². The molecule has 1 aromatic carbocycles. The molecule has 0 saturated heterocycles. The fourth-order valence-corrected chi connectivity index (χ4v) is 1.56. The van der Waals surface area contributed by atoms with Crippen LogP contribution < -0.4 is 11.1 Å². The smallest absolute Gasteiger partial charge is 0.258 e. The summed E-state index contributed by atoms with van der Waals surface area (Å²) in [5.41, 5.74) is 9.61. The summed E-state index contributed by atoms with van der Waals surface area (Å²) >= 11 is 0. The maximum Gasteiger partial charge on any atom is 0.258 e. The monoisotopic (exact) mass is 230 g/mol. The van der Waals surface area contributed by atoms with Crippen molar-refractivity contribution in [2.45, 2.75) is 13.8 Å². The molecule has 2 rings (SSSR count). The second-order valence-electron chi connectivity index (χ2n) is 3.91. The van der Waals surface area contributed by atoms with Crippen LogP contribution in [-0.2, 0) is 0 Å². The molecule has 0 aliphatic carbocycles. The number of nitrogens with two attached hydrogens (primary N) is 1. The van der Waals surface area contributed by atoms with Crippen LogP contribution in [0.1, 0.15) is 21.5 Å². The lowest BCUT2D eigenvalue weighted by Crippen LogP contribution is -2.14. The topological polar surface area (TPSA) is 83.8 Å². The summed E-state index contributed by atoms with van der Waals surface area (Å²) in [7, 11) is 0. The standard InChI is InChI=1S/C12H14N4O/c1-7-3-4-10(13)11(8(7)2)16-12(17)9-5-14-15-6-9/h3-6H,13H2,1-2H3,(H,14,15)(H,16,17). The van der Waals surface area contributed by atoms with Crippen LogP contribution in [0, 0.1) is 13.8 Å². The van der Waals surface area contributed by atoms with E-state index >= 15 is 0 Å². The Hall–Kier alpha value is -2.30. The van der Waals surface area contributed by atoms with Gasteiger partial charge in [0, 0.05) is 6.20 Å². The van der Waals surface area contributed by atoms with Crippen molar-refractivity contribution in [3.63, 3.8) is 0 Å². The minimum atomic E-state index is -0.223. The van der Waals surface area contributed by atoms with Gasteiger partial charge in [0.15, 0.2) is 0 Å². The van der Waals surface area contributed by atoms with Crippen molar-refractivity contribution >= 4 is 17.3 Å². The van der Waals surface area contributed by atoms with Crippen LogP contribution in [0.3, 0.4) is 0 Å². The number of anilines is 2. The fraction of sp³-hybridized carbons (Fsp3) is 0.167. The van der Waals surface area contributed by atoms with Gasteiger partial charge >= 0.3 is 0 Å². The molecule has 2 aromatic rings. The van der Waals surface area contributed by atoms with Crippen LogP contribution in [0.5, 0.6) is 0 Å². The second-order valence-corrected chi connectivity index (χ2v) is 3.91. The summed E-state index contributed by atoms with van der Waals surface area (Å²) in [5.74, 6) is -0.223. The van der Waals surface area contributed by atoms with Gasteiger partial charge in [0.25, 0.3) is 5.91 Å². The summed E-state index contributed by atoms with van der Waals surface area (Å²) in [6, 6.07) is 3.71. The molecule has 0 bridgehead atoms. The van der Waals surface area contributed by atoms with Gasteiger partial charge < -0.3 is 11.1 Å². The average Bonchev–Trinajstić information content (AvgIpc) is 2.83. The molecule has 0 unspecified atom stereocenters. The van der Waals surface area contributed by atoms with Gasteiger partial charge in [0.1, 0.15) is 0 Å². The molecular weight excluding hydrogens is 216 g/mol. The first-order chi connectivity index (χ1) is 8.09. The molecule has 1 aromatic heterocycles. The summed E-state index contributed by atoms with van der Waals surface area (Å²) in [4.78, 5) is 11.9. The number of amides is 1. The summed E-state index contributed by atoms with van der Waals surface area (Å²) in [6.45, 7) is 3.90. The third-order valence-corrected chi connectivity index (χ3v) is 2.77. The lowest BCUT2D eigenvalue weighted by atomic mass is 10.1. The maximum atomic E-state index is 11.9. The van der Waals surface area contributed by atoms with Crippen LogP contribution in [0.2, 0.25) is 0 Å². The number of benzene rings is 1. The van der Waals surface area contributed by atoms with E-state index in [1.165, 1.54) is 12.4 Å². The van der Waals surface area contributed by atoms with E-state index in [0.717, 1.165) is 11.1 Å². The molecule has 4 N–H and O–H groups in total. The van der Waals surface area contributed by atoms with Gasteiger partial charge in [-0.15, -0.1) is 0 Å². The van der Waals surface area contributed by atoms with Gasteiger partial charge in [0.05, 0.1) is 23.1 Å². The van der Waals surface area contributed by atoms with Crippen molar-refractivity contribution in [3.8, 4) is 0 Å². The summed E-state index contributed by atoms with van der Waals surface area (Å²) in [6.07, 6.45) is 3.01. The van der Waals surface area contributed by atoms with E-state index in [0.29, 0.717) is 16.9 Å². The summed E-state index contributed by atoms with van der Waals surface area (Å²) < 4.78 is 0. The molecule has 1 heterocycles. The van der Waals surface area contributed by atoms with E-state index in [4.69, 9.17) is 5.73 Å². The van der Waals surface area contributed by atoms with Crippen molar-refractivity contribution in [2.24, 2.45) is 0 Å². The van der Waals surface area contributed by atoms with Crippen molar-refractivity contribution < 1.29 is 4.79 Å². The number of aromatic amines is 1. The zero-order chi connectivity index (χ0) is 12.4. The lowest BCUT2D eigenvalue weighted by molar-refractivity contribution is 0.102. The molecule has 0 spiro atoms. The zero-order valence-corrected chi connectivity index (χ0v) is 9.74. The van der Waals surface area contributed by atoms with Crippen LogP contribution in [0.15, 0.2) is 24.5 Å². The average molecular weight is 230 g/mol. The molecule has 88 valence electrons. The number of nitrogens with zero attached hydrogens (tertiary/aromatic N) is 1. The van der Waals surface area contributed by atoms with E-state index in [-0.39, 0.29) is 5.91 Å². The number of nitrogen functional groups attached to an aromatic ring is 1. The number of carbonyl (C=O) groups is 1. The quantitative estimate of drug-likeness (QED) is 0.688. The number of aryl methyl sites for hydroxylation is 1. The maximum absolute atomic E-state index is 11.9. The van der Waals surface area contributed by atoms with Crippen molar-refractivity contribution in [2.75, 3.05) is 11.1 Å². The van der Waals surface area contributed by atoms with Crippen LogP contribution in [0.4, 0.5) is 11.4 Å². The molecule has 0 aliphatic rings. The van der Waals surface area contributed by atoms with Crippen molar-refractivity contribution in [3.05, 3.63) is 41.2 Å². The van der Waals surface area contributed by atoms with Crippen molar-refractivity contribution in [1.82, 2.24) is 10.2 Å². The lowest BCUT2D eigenvalue weighted by Gasteiger charge is -2.12. The second kappa shape index (κ2) is 4.29. The largest absolute Gasteiger partial charge is 0.397 e. The third kappa shape index (κ3) is 2.13. The molecule has 0 radical (unpaired) electrons. The normalized spacial score (nSPS) is 10.2. The van der Waals surface area contributed by atoms with E-state index < -0.39 is 0 Å². The van der Waals surface area contributed by atoms with Gasteiger partial charge in [0.2, 0.25) is 0 Å². The van der Waals surface area contributed by atoms with Crippen LogP contribution >= 0.6 is 0 Å². The predicted octanol–water partition coefficient (Wildman–Crippen LogP) is 1.86. The molecule has 17 heavy (non-hydrogen) atoms. The number of H-pyrrole nitrogens is 1. The highest BCUT2D eigenvalue weighted by Gasteiger charge is 2.11. The molecule has 1 amide bonds. The van der Waals surface area contributed by atoms with E-state index in [1.54, 1.807) is 6.07 Å². The SMILES string of the molecule is Cc1ccc(N)c(NC(=O)c2cn[nH]c2)c1C. The highest BCUT2D eigenvalue weighted by Crippen LogP contribution is 2.26. The highest BCUT2D eigenvalue weighted by atomic mass is 16.1. The van der Waals surface area contributed by atoms with Crippen LogP contribution in [0.25, 0.3) is 0 Å². The first-order valence-corrected chi connectivity index (χ1v) is 5.25. The zero-order valence-electron chi connectivity index (χ0n) is 9.74. The van der Waals surface area contributed by atoms with Gasteiger partial charge in [-0.1, -0.05) is 6.07 Å². The number of aromatic nitrogens is 2. The molecule has 0 aliphatic heterocycles. The fourth-order valence-electron chi connectivity index (χ4n) is 1.56. The van der Waals surface area contributed by atoms with Gasteiger partial charge in [-0.3, -0.25) is 9.89 Å². The Morgan fingerprint density at radius 3 is 2.82 bits per heavy atom. The van der Waals surface area contributed by atoms with E-state index in [9.17, 15) is 4.79 Å². The Labute approximate surface area is 99.0 Å². The number of hydrogen-bond donors (Lipinski definition) is 3. The Bertz CT molecular complexity index is 546. The molecule has 5 nitrogen and oxygen atoms in total. The molecule has 5 heteroatoms. The molecular formula is C12H14N4O. The number of nitrogens with one attached hydrogen (secondary N) is 2. The predicted molar refractivity (Wildman–Crippen MR) is 66.9 cm³/mol. The third-order valence-electron chi connectivity index (χ3n) is 2.77. The minimum absolute atomic E-state index is 0.223. The number of rotatable bonds is 2. The van der Waals surface area contributed by atoms with Crippen LogP contribution in [-0.4, -0.2) is 16.1 Å². The summed E-state index contributed by atoms with van der Waals surface area (Å²) in [5, 5.41) is 9.12. The first-order valence-electron chi connectivity index (χ1n) is 5.25. The molecule has 0 atom stereocenters. The van der Waals surface area contributed by atoms with E-state index in [1.807, 2.05) is 19.9 Å². The van der Waals surface area contributed by atoms with Gasteiger partial charge in [-0.2, -0.15) is 5.10 Å². The van der Waals surface area contributed by atoms with Gasteiger partial charge in [-0.05, 0) is 31.0 Å². The number of carbonyl (C=O) groups excluding carboxylic acids is 1. The Morgan fingerprint density at radius 1 is 1.41 bits per heavy atom. The first kappa shape index (κ1) is 11.2.